The summed E-state index contributed by atoms with van der Waals surface area (Å²) in [4.78, 5) is 32.0. The summed E-state index contributed by atoms with van der Waals surface area (Å²) in [5.74, 6) is 0.995. The number of nitrogens with zero attached hydrogens (tertiary/aromatic N) is 6. The summed E-state index contributed by atoms with van der Waals surface area (Å²) in [6, 6.07) is 3.87. The number of hydrogen-bond donors (Lipinski definition) is 0. The lowest BCUT2D eigenvalue weighted by atomic mass is 10.2. The van der Waals surface area contributed by atoms with Crippen molar-refractivity contribution in [3.05, 3.63) is 39.3 Å². The van der Waals surface area contributed by atoms with Gasteiger partial charge in [0.1, 0.15) is 0 Å². The van der Waals surface area contributed by atoms with Crippen LogP contribution in [0, 0.1) is 0 Å². The van der Waals surface area contributed by atoms with Crippen LogP contribution in [-0.4, -0.2) is 89.0 Å². The topological polar surface area (TPSA) is 55.8 Å². The van der Waals surface area contributed by atoms with Crippen LogP contribution in [0.4, 0.5) is 5.95 Å². The number of halogens is 1. The van der Waals surface area contributed by atoms with E-state index < -0.39 is 0 Å². The first-order chi connectivity index (χ1) is 14.1. The van der Waals surface area contributed by atoms with E-state index in [1.54, 1.807) is 23.7 Å². The van der Waals surface area contributed by atoms with Crippen molar-refractivity contribution in [2.45, 2.75) is 19.5 Å². The highest BCUT2D eigenvalue weighted by Gasteiger charge is 2.31. The van der Waals surface area contributed by atoms with Gasteiger partial charge in [-0.2, -0.15) is 0 Å². The summed E-state index contributed by atoms with van der Waals surface area (Å²) in [7, 11) is 0. The molecule has 9 heteroatoms. The Morgan fingerprint density at radius 2 is 1.79 bits per heavy atom. The first kappa shape index (κ1) is 20.7. The second-order valence-corrected chi connectivity index (χ2v) is 9.40. The van der Waals surface area contributed by atoms with Crippen molar-refractivity contribution in [1.29, 1.82) is 0 Å². The van der Waals surface area contributed by atoms with Gasteiger partial charge in [-0.15, -0.1) is 11.3 Å². The molecule has 29 heavy (non-hydrogen) atoms. The molecule has 0 spiro atoms. The molecule has 2 aliphatic rings. The van der Waals surface area contributed by atoms with Crippen LogP contribution in [0.3, 0.4) is 0 Å². The minimum Gasteiger partial charge on any atom is -0.338 e. The van der Waals surface area contributed by atoms with Gasteiger partial charge in [0.05, 0.1) is 6.04 Å². The molecule has 0 aliphatic carbocycles. The van der Waals surface area contributed by atoms with E-state index in [9.17, 15) is 4.79 Å². The average Bonchev–Trinajstić information content (AvgIpc) is 3.18. The Labute approximate surface area is 184 Å². The van der Waals surface area contributed by atoms with Crippen molar-refractivity contribution in [3.8, 4) is 0 Å². The van der Waals surface area contributed by atoms with Gasteiger partial charge in [0.2, 0.25) is 11.9 Å². The third-order valence-corrected chi connectivity index (χ3v) is 7.71. The second kappa shape index (κ2) is 9.51. The second-order valence-electron chi connectivity index (χ2n) is 7.54. The lowest BCUT2D eigenvalue weighted by Crippen LogP contribution is -2.57. The SMILES string of the molecule is CC(C(=O)N1CCN(c2ncccn2)CC1)N1CCN(Cc2sccc2Br)CC1. The highest BCUT2D eigenvalue weighted by Crippen LogP contribution is 2.25. The van der Waals surface area contributed by atoms with Gasteiger partial charge in [-0.1, -0.05) is 0 Å². The monoisotopic (exact) mass is 478 g/mol. The zero-order chi connectivity index (χ0) is 20.2. The molecule has 2 fully saturated rings. The summed E-state index contributed by atoms with van der Waals surface area (Å²) in [6.07, 6.45) is 3.53. The summed E-state index contributed by atoms with van der Waals surface area (Å²) < 4.78 is 1.20. The molecule has 2 aromatic rings. The van der Waals surface area contributed by atoms with Gasteiger partial charge in [-0.05, 0) is 40.4 Å². The minimum atomic E-state index is -0.0647. The van der Waals surface area contributed by atoms with Crippen LogP contribution < -0.4 is 4.90 Å². The fraction of sp³-hybridized carbons (Fsp3) is 0.550. The maximum atomic E-state index is 13.0. The van der Waals surface area contributed by atoms with Crippen molar-refractivity contribution in [2.75, 3.05) is 57.3 Å². The van der Waals surface area contributed by atoms with E-state index >= 15 is 0 Å². The number of carbonyl (C=O) groups excluding carboxylic acids is 1. The Bertz CT molecular complexity index is 802. The number of anilines is 1. The van der Waals surface area contributed by atoms with E-state index in [1.165, 1.54) is 9.35 Å². The van der Waals surface area contributed by atoms with E-state index in [0.29, 0.717) is 0 Å². The van der Waals surface area contributed by atoms with Crippen LogP contribution in [0.5, 0.6) is 0 Å². The maximum Gasteiger partial charge on any atom is 0.239 e. The molecule has 7 nitrogen and oxygen atoms in total. The number of thiophene rings is 1. The molecule has 0 saturated carbocycles. The highest BCUT2D eigenvalue weighted by molar-refractivity contribution is 9.10. The largest absolute Gasteiger partial charge is 0.338 e. The number of piperazine rings is 2. The van der Waals surface area contributed by atoms with Crippen molar-refractivity contribution in [2.24, 2.45) is 0 Å². The molecule has 1 atom stereocenters. The third-order valence-electron chi connectivity index (χ3n) is 5.80. The van der Waals surface area contributed by atoms with Crippen molar-refractivity contribution >= 4 is 39.1 Å². The van der Waals surface area contributed by atoms with Gasteiger partial charge in [0, 0.05) is 80.6 Å². The van der Waals surface area contributed by atoms with E-state index in [-0.39, 0.29) is 11.9 Å². The van der Waals surface area contributed by atoms with E-state index in [0.717, 1.165) is 64.9 Å². The highest BCUT2D eigenvalue weighted by atomic mass is 79.9. The van der Waals surface area contributed by atoms with E-state index in [2.05, 4.69) is 59.0 Å². The minimum absolute atomic E-state index is 0.0647. The van der Waals surface area contributed by atoms with Crippen LogP contribution in [0.25, 0.3) is 0 Å². The Morgan fingerprint density at radius 3 is 2.41 bits per heavy atom. The van der Waals surface area contributed by atoms with E-state index in [1.807, 2.05) is 11.0 Å². The fourth-order valence-corrected chi connectivity index (χ4v) is 5.47. The van der Waals surface area contributed by atoms with Crippen LogP contribution in [0.2, 0.25) is 0 Å². The molecule has 4 heterocycles. The standard InChI is InChI=1S/C20H27BrN6OS/c1-16(25-8-6-24(7-9-25)15-18-17(21)3-14-29-18)19(28)26-10-12-27(13-11-26)20-22-4-2-5-23-20/h2-5,14,16H,6-13,15H2,1H3. The molecule has 2 aromatic heterocycles. The van der Waals surface area contributed by atoms with Gasteiger partial charge >= 0.3 is 0 Å². The van der Waals surface area contributed by atoms with Gasteiger partial charge in [0.25, 0.3) is 0 Å². The Balaban J connectivity index is 1.24. The van der Waals surface area contributed by atoms with Crippen LogP contribution in [-0.2, 0) is 11.3 Å². The van der Waals surface area contributed by atoms with Crippen LogP contribution >= 0.6 is 27.3 Å². The molecule has 2 aliphatic heterocycles. The third kappa shape index (κ3) is 4.96. The Kier molecular flexibility index (Phi) is 6.79. The molecule has 1 amide bonds. The molecule has 0 N–H and O–H groups in total. The number of amides is 1. The van der Waals surface area contributed by atoms with Gasteiger partial charge in [-0.3, -0.25) is 14.6 Å². The summed E-state index contributed by atoms with van der Waals surface area (Å²) >= 11 is 5.42. The zero-order valence-corrected chi connectivity index (χ0v) is 19.1. The molecular weight excluding hydrogens is 452 g/mol. The quantitative estimate of drug-likeness (QED) is 0.656. The summed E-state index contributed by atoms with van der Waals surface area (Å²) in [5.41, 5.74) is 0. The normalized spacial score (nSPS) is 20.1. The number of hydrogen-bond acceptors (Lipinski definition) is 7. The Hall–Kier alpha value is -1.55. The number of rotatable bonds is 5. The first-order valence-corrected chi connectivity index (χ1v) is 11.8. The van der Waals surface area contributed by atoms with Crippen LogP contribution in [0.15, 0.2) is 34.4 Å². The van der Waals surface area contributed by atoms with Crippen molar-refractivity contribution in [3.63, 3.8) is 0 Å². The molecule has 2 saturated heterocycles. The predicted molar refractivity (Wildman–Crippen MR) is 119 cm³/mol. The first-order valence-electron chi connectivity index (χ1n) is 10.1. The maximum absolute atomic E-state index is 13.0. The fourth-order valence-electron chi connectivity index (χ4n) is 3.95. The molecule has 0 aromatic carbocycles. The van der Waals surface area contributed by atoms with E-state index in [4.69, 9.17) is 0 Å². The van der Waals surface area contributed by atoms with Crippen molar-refractivity contribution < 1.29 is 4.79 Å². The van der Waals surface area contributed by atoms with Crippen LogP contribution in [0.1, 0.15) is 11.8 Å². The molecule has 1 unspecified atom stereocenters. The molecule has 156 valence electrons. The molecule has 0 bridgehead atoms. The lowest BCUT2D eigenvalue weighted by molar-refractivity contribution is -0.137. The smallest absolute Gasteiger partial charge is 0.239 e. The predicted octanol–water partition coefficient (Wildman–Crippen LogP) is 2.16. The Morgan fingerprint density at radius 1 is 1.10 bits per heavy atom. The average molecular weight is 479 g/mol. The number of aromatic nitrogens is 2. The summed E-state index contributed by atoms with van der Waals surface area (Å²) in [6.45, 7) is 9.95. The van der Waals surface area contributed by atoms with Gasteiger partial charge < -0.3 is 9.80 Å². The lowest BCUT2D eigenvalue weighted by Gasteiger charge is -2.41. The summed E-state index contributed by atoms with van der Waals surface area (Å²) in [5, 5.41) is 2.13. The molecule has 0 radical (unpaired) electrons. The van der Waals surface area contributed by atoms with Crippen molar-refractivity contribution in [1.82, 2.24) is 24.7 Å². The molecule has 4 rings (SSSR count). The van der Waals surface area contributed by atoms with Gasteiger partial charge in [0.15, 0.2) is 0 Å². The van der Waals surface area contributed by atoms with Gasteiger partial charge in [-0.25, -0.2) is 9.97 Å². The zero-order valence-electron chi connectivity index (χ0n) is 16.7. The number of carbonyl (C=O) groups is 1. The molecular formula is C20H27BrN6OS.